The number of benzene rings is 1. The summed E-state index contributed by atoms with van der Waals surface area (Å²) in [6, 6.07) is 4.90. The quantitative estimate of drug-likeness (QED) is 0.400. The van der Waals surface area contributed by atoms with Crippen molar-refractivity contribution in [2.45, 2.75) is 31.7 Å². The molecule has 1 aromatic heterocycles. The minimum Gasteiger partial charge on any atom is -0.591 e. The van der Waals surface area contributed by atoms with Crippen LogP contribution in [0.25, 0.3) is 0 Å². The van der Waals surface area contributed by atoms with E-state index in [1.807, 2.05) is 0 Å². The number of nitrogens with zero attached hydrogens (tertiary/aromatic N) is 2. The van der Waals surface area contributed by atoms with E-state index in [1.165, 1.54) is 18.3 Å². The van der Waals surface area contributed by atoms with Gasteiger partial charge in [0.25, 0.3) is 0 Å². The van der Waals surface area contributed by atoms with Crippen LogP contribution in [0, 0.1) is 5.82 Å². The number of hydrogen-bond acceptors (Lipinski definition) is 3. The summed E-state index contributed by atoms with van der Waals surface area (Å²) in [6.07, 6.45) is -3.46. The second-order valence-corrected chi connectivity index (χ2v) is 8.73. The number of rotatable bonds is 3. The molecule has 9 heteroatoms. The first-order valence-electron chi connectivity index (χ1n) is 7.39. The van der Waals surface area contributed by atoms with Crippen LogP contribution < -0.4 is 0 Å². The summed E-state index contributed by atoms with van der Waals surface area (Å²) in [4.78, 5) is 4.01. The van der Waals surface area contributed by atoms with E-state index in [0.717, 1.165) is 12.1 Å². The third-order valence-electron chi connectivity index (χ3n) is 3.17. The van der Waals surface area contributed by atoms with Crippen molar-refractivity contribution in [2.24, 2.45) is 4.40 Å². The fourth-order valence-electron chi connectivity index (χ4n) is 1.87. The highest BCUT2D eigenvalue weighted by Gasteiger charge is 2.33. The van der Waals surface area contributed by atoms with E-state index < -0.39 is 33.7 Å². The van der Waals surface area contributed by atoms with Crippen LogP contribution in [0.5, 0.6) is 0 Å². The third-order valence-corrected chi connectivity index (χ3v) is 4.79. The Labute approximate surface area is 156 Å². The molecular formula is C17H15ClF4N2OS. The summed E-state index contributed by atoms with van der Waals surface area (Å²) in [6.45, 7) is 4.98. The Morgan fingerprint density at radius 1 is 1.15 bits per heavy atom. The van der Waals surface area contributed by atoms with Gasteiger partial charge in [-0.2, -0.15) is 13.2 Å². The molecule has 2 rings (SSSR count). The SMILES string of the molecule is CC(C)(C)[S@+]([O-])N=C(c1cc(F)cc(C(F)(F)F)c1)c1ccc(Cl)cn1. The molecule has 0 N–H and O–H groups in total. The number of alkyl halides is 3. The first kappa shape index (κ1) is 20.7. The van der Waals surface area contributed by atoms with Crippen molar-refractivity contribution < 1.29 is 22.1 Å². The Balaban J connectivity index is 2.67. The van der Waals surface area contributed by atoms with Gasteiger partial charge in [0.15, 0.2) is 0 Å². The lowest BCUT2D eigenvalue weighted by atomic mass is 10.0. The molecule has 0 spiro atoms. The van der Waals surface area contributed by atoms with Crippen LogP contribution in [-0.4, -0.2) is 20.0 Å². The topological polar surface area (TPSA) is 48.3 Å². The van der Waals surface area contributed by atoms with E-state index in [9.17, 15) is 22.1 Å². The lowest BCUT2D eigenvalue weighted by Crippen LogP contribution is -2.27. The van der Waals surface area contributed by atoms with E-state index in [2.05, 4.69) is 9.38 Å². The molecule has 26 heavy (non-hydrogen) atoms. The maximum Gasteiger partial charge on any atom is 0.416 e. The van der Waals surface area contributed by atoms with Gasteiger partial charge in [-0.05, 0) is 51.1 Å². The number of aromatic nitrogens is 1. The Bertz CT molecular complexity index is 817. The highest BCUT2D eigenvalue weighted by Crippen LogP contribution is 2.31. The number of pyridine rings is 1. The molecule has 1 heterocycles. The minimum atomic E-state index is -4.74. The maximum atomic E-state index is 13.8. The number of halogens is 5. The maximum absolute atomic E-state index is 13.8. The molecular weight excluding hydrogens is 392 g/mol. The molecule has 140 valence electrons. The van der Waals surface area contributed by atoms with Crippen molar-refractivity contribution in [3.63, 3.8) is 0 Å². The molecule has 3 nitrogen and oxygen atoms in total. The van der Waals surface area contributed by atoms with Gasteiger partial charge in [-0.15, -0.1) is 0 Å². The molecule has 0 fully saturated rings. The monoisotopic (exact) mass is 406 g/mol. The summed E-state index contributed by atoms with van der Waals surface area (Å²) in [5, 5.41) is 0.306. The lowest BCUT2D eigenvalue weighted by Gasteiger charge is -2.19. The van der Waals surface area contributed by atoms with E-state index in [0.29, 0.717) is 11.1 Å². The zero-order valence-corrected chi connectivity index (χ0v) is 15.6. The Morgan fingerprint density at radius 2 is 1.81 bits per heavy atom. The van der Waals surface area contributed by atoms with Gasteiger partial charge in [-0.3, -0.25) is 4.98 Å². The molecule has 0 radical (unpaired) electrons. The molecule has 1 aromatic carbocycles. The van der Waals surface area contributed by atoms with Gasteiger partial charge in [0.1, 0.15) is 27.6 Å². The van der Waals surface area contributed by atoms with Crippen molar-refractivity contribution in [3.05, 3.63) is 64.2 Å². The molecule has 1 atom stereocenters. The van der Waals surface area contributed by atoms with Gasteiger partial charge in [0.2, 0.25) is 0 Å². The van der Waals surface area contributed by atoms with E-state index in [1.54, 1.807) is 20.8 Å². The second kappa shape index (κ2) is 7.54. The highest BCUT2D eigenvalue weighted by molar-refractivity contribution is 7.91. The molecule has 0 saturated heterocycles. The summed E-state index contributed by atoms with van der Waals surface area (Å²) in [5.41, 5.74) is -1.33. The van der Waals surface area contributed by atoms with Gasteiger partial charge in [-0.25, -0.2) is 4.39 Å². The zero-order valence-electron chi connectivity index (χ0n) is 14.1. The normalized spacial score (nSPS) is 14.4. The summed E-state index contributed by atoms with van der Waals surface area (Å²) < 4.78 is 68.5. The smallest absolute Gasteiger partial charge is 0.416 e. The van der Waals surface area contributed by atoms with Gasteiger partial charge in [0.05, 0.1) is 16.3 Å². The molecule has 0 saturated carbocycles. The Kier molecular flexibility index (Phi) is 5.99. The van der Waals surface area contributed by atoms with Crippen molar-refractivity contribution in [3.8, 4) is 0 Å². The Morgan fingerprint density at radius 3 is 2.31 bits per heavy atom. The van der Waals surface area contributed by atoms with Gasteiger partial charge in [0, 0.05) is 11.8 Å². The molecule has 0 unspecified atom stereocenters. The van der Waals surface area contributed by atoms with Crippen molar-refractivity contribution in [1.29, 1.82) is 0 Å². The van der Waals surface area contributed by atoms with Gasteiger partial charge >= 0.3 is 6.18 Å². The van der Waals surface area contributed by atoms with Gasteiger partial charge < -0.3 is 4.55 Å². The molecule has 0 bridgehead atoms. The van der Waals surface area contributed by atoms with Crippen LogP contribution in [0.4, 0.5) is 17.6 Å². The second-order valence-electron chi connectivity index (χ2n) is 6.39. The zero-order chi connectivity index (χ0) is 19.7. The minimum absolute atomic E-state index is 0.111. The molecule has 2 aromatic rings. The van der Waals surface area contributed by atoms with Crippen LogP contribution in [0.2, 0.25) is 5.02 Å². The average molecular weight is 407 g/mol. The molecule has 0 aliphatic heterocycles. The largest absolute Gasteiger partial charge is 0.591 e. The highest BCUT2D eigenvalue weighted by atomic mass is 35.5. The first-order valence-corrected chi connectivity index (χ1v) is 8.87. The lowest BCUT2D eigenvalue weighted by molar-refractivity contribution is -0.137. The van der Waals surface area contributed by atoms with E-state index in [4.69, 9.17) is 11.6 Å². The predicted molar refractivity (Wildman–Crippen MR) is 94.2 cm³/mol. The summed E-state index contributed by atoms with van der Waals surface area (Å²) in [5.74, 6) is -1.09. The average Bonchev–Trinajstić information content (AvgIpc) is 2.51. The fraction of sp³-hybridized carbons (Fsp3) is 0.294. The van der Waals surface area contributed by atoms with Crippen LogP contribution in [-0.2, 0) is 17.5 Å². The van der Waals surface area contributed by atoms with Crippen LogP contribution in [0.1, 0.15) is 37.6 Å². The third kappa shape index (κ3) is 5.18. The summed E-state index contributed by atoms with van der Waals surface area (Å²) >= 11 is 3.98. The standard InChI is InChI=1S/C17H15ClF4N2OS/c1-16(2,3)26(25)24-15(14-5-4-12(18)9-23-14)10-6-11(17(20,21)22)8-13(19)7-10/h4-9H,1-3H3/t26-/m0/s1. The molecule has 0 aliphatic carbocycles. The molecule has 0 amide bonds. The summed E-state index contributed by atoms with van der Waals surface area (Å²) in [7, 11) is 0. The van der Waals surface area contributed by atoms with Crippen LogP contribution in [0.3, 0.4) is 0 Å². The van der Waals surface area contributed by atoms with Gasteiger partial charge in [-0.1, -0.05) is 16.0 Å². The van der Waals surface area contributed by atoms with Crippen LogP contribution in [0.15, 0.2) is 40.9 Å². The number of hydrogen-bond donors (Lipinski definition) is 0. The predicted octanol–water partition coefficient (Wildman–Crippen LogP) is 5.19. The van der Waals surface area contributed by atoms with Crippen molar-refractivity contribution >= 4 is 28.7 Å². The first-order chi connectivity index (χ1) is 11.9. The van der Waals surface area contributed by atoms with Crippen LogP contribution >= 0.6 is 11.6 Å². The van der Waals surface area contributed by atoms with E-state index in [-0.39, 0.29) is 17.0 Å². The molecule has 0 aliphatic rings. The van der Waals surface area contributed by atoms with Crippen molar-refractivity contribution in [2.75, 3.05) is 0 Å². The van der Waals surface area contributed by atoms with Crippen molar-refractivity contribution in [1.82, 2.24) is 4.98 Å². The fourth-order valence-corrected chi connectivity index (χ4v) is 2.62. The Hall–Kier alpha value is -1.64. The van der Waals surface area contributed by atoms with E-state index >= 15 is 0 Å².